The van der Waals surface area contributed by atoms with Crippen molar-refractivity contribution < 1.29 is 14.0 Å². The maximum absolute atomic E-state index is 12.1. The van der Waals surface area contributed by atoms with E-state index in [-0.39, 0.29) is 5.91 Å². The molecule has 0 aliphatic carbocycles. The highest BCUT2D eigenvalue weighted by molar-refractivity contribution is 5.85. The van der Waals surface area contributed by atoms with Crippen LogP contribution in [0.15, 0.2) is 53.1 Å². The molecular weight excluding hydrogens is 282 g/mol. The lowest BCUT2D eigenvalue weighted by Gasteiger charge is -2.20. The molecule has 116 valence electrons. The number of hydrogen-bond donors (Lipinski definition) is 3. The number of amides is 2. The Kier molecular flexibility index (Phi) is 5.32. The Morgan fingerprint density at radius 3 is 2.50 bits per heavy atom. The second kappa shape index (κ2) is 7.42. The fourth-order valence-electron chi connectivity index (χ4n) is 2.05. The van der Waals surface area contributed by atoms with E-state index in [1.165, 1.54) is 0 Å². The molecule has 2 amide bonds. The normalized spacial score (nSPS) is 13.3. The molecule has 2 aromatic rings. The van der Waals surface area contributed by atoms with Crippen LogP contribution in [0.4, 0.5) is 0 Å². The Balaban J connectivity index is 1.94. The van der Waals surface area contributed by atoms with E-state index < -0.39 is 18.0 Å². The summed E-state index contributed by atoms with van der Waals surface area (Å²) in [6, 6.07) is 11.3. The fourth-order valence-corrected chi connectivity index (χ4v) is 2.05. The standard InChI is InChI=1S/C16H19N3O3/c1-11(16(21)18-10-13-8-5-9-22-13)19-14(15(17)20)12-6-3-2-4-7-12/h2-9,11,14,19H,10H2,1H3,(H2,17,20)(H,18,21). The summed E-state index contributed by atoms with van der Waals surface area (Å²) in [5.41, 5.74) is 6.14. The predicted octanol–water partition coefficient (Wildman–Crippen LogP) is 1.10. The Labute approximate surface area is 128 Å². The maximum atomic E-state index is 12.1. The number of furan rings is 1. The molecule has 4 N–H and O–H groups in total. The molecule has 6 heteroatoms. The van der Waals surface area contributed by atoms with Crippen LogP contribution in [0.2, 0.25) is 0 Å². The molecule has 22 heavy (non-hydrogen) atoms. The molecule has 2 atom stereocenters. The minimum Gasteiger partial charge on any atom is -0.467 e. The molecule has 6 nitrogen and oxygen atoms in total. The first-order chi connectivity index (χ1) is 10.6. The first-order valence-corrected chi connectivity index (χ1v) is 6.98. The smallest absolute Gasteiger partial charge is 0.239 e. The van der Waals surface area contributed by atoms with E-state index in [0.29, 0.717) is 12.3 Å². The number of hydrogen-bond acceptors (Lipinski definition) is 4. The van der Waals surface area contributed by atoms with Crippen molar-refractivity contribution in [2.45, 2.75) is 25.6 Å². The van der Waals surface area contributed by atoms with Gasteiger partial charge in [0.1, 0.15) is 11.8 Å². The number of benzene rings is 1. The molecule has 1 aromatic carbocycles. The lowest BCUT2D eigenvalue weighted by molar-refractivity contribution is -0.124. The molecule has 0 radical (unpaired) electrons. The van der Waals surface area contributed by atoms with Crippen LogP contribution in [-0.2, 0) is 16.1 Å². The summed E-state index contributed by atoms with van der Waals surface area (Å²) in [6.45, 7) is 1.97. The van der Waals surface area contributed by atoms with Crippen LogP contribution in [0.5, 0.6) is 0 Å². The first kappa shape index (κ1) is 15.8. The Bertz CT molecular complexity index is 611. The third-order valence-electron chi connectivity index (χ3n) is 3.24. The van der Waals surface area contributed by atoms with Gasteiger partial charge in [-0.05, 0) is 24.6 Å². The number of nitrogens with two attached hydrogens (primary N) is 1. The molecule has 0 saturated heterocycles. The van der Waals surface area contributed by atoms with Gasteiger partial charge >= 0.3 is 0 Å². The van der Waals surface area contributed by atoms with Crippen LogP contribution in [0.25, 0.3) is 0 Å². The van der Waals surface area contributed by atoms with Crippen molar-refractivity contribution in [2.24, 2.45) is 5.73 Å². The lowest BCUT2D eigenvalue weighted by Crippen LogP contribution is -2.46. The van der Waals surface area contributed by atoms with Crippen molar-refractivity contribution >= 4 is 11.8 Å². The minimum atomic E-state index is -0.717. The fraction of sp³-hybridized carbons (Fsp3) is 0.250. The van der Waals surface area contributed by atoms with Crippen molar-refractivity contribution in [1.82, 2.24) is 10.6 Å². The number of primary amides is 1. The van der Waals surface area contributed by atoms with Gasteiger partial charge in [0.15, 0.2) is 0 Å². The van der Waals surface area contributed by atoms with Crippen LogP contribution in [-0.4, -0.2) is 17.9 Å². The van der Waals surface area contributed by atoms with Crippen LogP contribution in [0.1, 0.15) is 24.3 Å². The monoisotopic (exact) mass is 301 g/mol. The van der Waals surface area contributed by atoms with Crippen LogP contribution < -0.4 is 16.4 Å². The largest absolute Gasteiger partial charge is 0.467 e. The third-order valence-corrected chi connectivity index (χ3v) is 3.24. The second-order valence-corrected chi connectivity index (χ2v) is 4.93. The van der Waals surface area contributed by atoms with Gasteiger partial charge in [-0.25, -0.2) is 0 Å². The highest BCUT2D eigenvalue weighted by atomic mass is 16.3. The number of carbonyl (C=O) groups excluding carboxylic acids is 2. The third kappa shape index (κ3) is 4.20. The first-order valence-electron chi connectivity index (χ1n) is 6.98. The van der Waals surface area contributed by atoms with Gasteiger partial charge in [-0.2, -0.15) is 0 Å². The molecule has 1 aromatic heterocycles. The Morgan fingerprint density at radius 2 is 1.91 bits per heavy atom. The van der Waals surface area contributed by atoms with Crippen LogP contribution in [0.3, 0.4) is 0 Å². The Hall–Kier alpha value is -2.60. The van der Waals surface area contributed by atoms with Crippen molar-refractivity contribution in [3.05, 3.63) is 60.1 Å². The Morgan fingerprint density at radius 1 is 1.18 bits per heavy atom. The predicted molar refractivity (Wildman–Crippen MR) is 81.5 cm³/mol. The maximum Gasteiger partial charge on any atom is 0.239 e. The SMILES string of the molecule is CC(NC(C(N)=O)c1ccccc1)C(=O)NCc1ccco1. The van der Waals surface area contributed by atoms with Crippen molar-refractivity contribution in [3.63, 3.8) is 0 Å². The number of nitrogens with one attached hydrogen (secondary N) is 2. The second-order valence-electron chi connectivity index (χ2n) is 4.93. The van der Waals surface area contributed by atoms with Gasteiger partial charge in [0.25, 0.3) is 0 Å². The van der Waals surface area contributed by atoms with E-state index >= 15 is 0 Å². The highest BCUT2D eigenvalue weighted by Crippen LogP contribution is 2.12. The minimum absolute atomic E-state index is 0.237. The quantitative estimate of drug-likeness (QED) is 0.713. The van der Waals surface area contributed by atoms with Crippen molar-refractivity contribution in [2.75, 3.05) is 0 Å². The molecule has 0 fully saturated rings. The van der Waals surface area contributed by atoms with E-state index in [1.54, 1.807) is 37.5 Å². The summed E-state index contributed by atoms with van der Waals surface area (Å²) in [7, 11) is 0. The molecule has 2 rings (SSSR count). The lowest BCUT2D eigenvalue weighted by atomic mass is 10.1. The van der Waals surface area contributed by atoms with Gasteiger partial charge in [0.05, 0.1) is 18.8 Å². The van der Waals surface area contributed by atoms with E-state index in [4.69, 9.17) is 10.2 Å². The zero-order chi connectivity index (χ0) is 15.9. The summed E-state index contributed by atoms with van der Waals surface area (Å²) in [5.74, 6) is -0.106. The molecule has 0 aliphatic heterocycles. The van der Waals surface area contributed by atoms with Gasteiger partial charge < -0.3 is 15.5 Å². The van der Waals surface area contributed by atoms with Crippen molar-refractivity contribution in [3.8, 4) is 0 Å². The van der Waals surface area contributed by atoms with Crippen LogP contribution in [0, 0.1) is 0 Å². The van der Waals surface area contributed by atoms with E-state index in [0.717, 1.165) is 5.56 Å². The topological polar surface area (TPSA) is 97.4 Å². The molecule has 0 aliphatic rings. The van der Waals surface area contributed by atoms with E-state index in [2.05, 4.69) is 10.6 Å². The summed E-state index contributed by atoms with van der Waals surface area (Å²) in [4.78, 5) is 23.7. The molecule has 2 unspecified atom stereocenters. The average molecular weight is 301 g/mol. The van der Waals surface area contributed by atoms with Crippen LogP contribution >= 0.6 is 0 Å². The molecule has 0 saturated carbocycles. The number of carbonyl (C=O) groups is 2. The zero-order valence-corrected chi connectivity index (χ0v) is 12.3. The molecule has 0 bridgehead atoms. The molecule has 1 heterocycles. The van der Waals surface area contributed by atoms with E-state index in [1.807, 2.05) is 18.2 Å². The zero-order valence-electron chi connectivity index (χ0n) is 12.3. The van der Waals surface area contributed by atoms with Crippen molar-refractivity contribution in [1.29, 1.82) is 0 Å². The highest BCUT2D eigenvalue weighted by Gasteiger charge is 2.23. The summed E-state index contributed by atoms with van der Waals surface area (Å²) in [5, 5.41) is 5.68. The van der Waals surface area contributed by atoms with Gasteiger partial charge in [-0.1, -0.05) is 30.3 Å². The average Bonchev–Trinajstić information content (AvgIpc) is 3.04. The summed E-state index contributed by atoms with van der Waals surface area (Å²) in [6.07, 6.45) is 1.54. The van der Waals surface area contributed by atoms with Gasteiger partial charge in [0.2, 0.25) is 11.8 Å². The van der Waals surface area contributed by atoms with E-state index in [9.17, 15) is 9.59 Å². The van der Waals surface area contributed by atoms with Gasteiger partial charge in [-0.15, -0.1) is 0 Å². The van der Waals surface area contributed by atoms with Gasteiger partial charge in [0, 0.05) is 0 Å². The van der Waals surface area contributed by atoms with Gasteiger partial charge in [-0.3, -0.25) is 14.9 Å². The molecule has 0 spiro atoms. The number of rotatable bonds is 7. The summed E-state index contributed by atoms with van der Waals surface area (Å²) >= 11 is 0. The molecular formula is C16H19N3O3. The summed E-state index contributed by atoms with van der Waals surface area (Å²) < 4.78 is 5.14.